The number of para-hydroxylation sites is 2. The number of benzene rings is 2. The lowest BCUT2D eigenvalue weighted by atomic mass is 10.2. The summed E-state index contributed by atoms with van der Waals surface area (Å²) >= 11 is 3.19. The van der Waals surface area contributed by atoms with Crippen molar-refractivity contribution in [2.24, 2.45) is 0 Å². The summed E-state index contributed by atoms with van der Waals surface area (Å²) in [6, 6.07) is 12.8. The molecule has 0 aliphatic rings. The number of aromatic nitrogens is 3. The zero-order valence-corrected chi connectivity index (χ0v) is 12.6. The Morgan fingerprint density at radius 2 is 2.05 bits per heavy atom. The van der Waals surface area contributed by atoms with E-state index in [4.69, 9.17) is 0 Å². The van der Waals surface area contributed by atoms with Crippen LogP contribution in [0.4, 0.5) is 10.1 Å². The van der Waals surface area contributed by atoms with E-state index in [1.54, 1.807) is 23.1 Å². The molecule has 0 aliphatic carbocycles. The Morgan fingerprint density at radius 1 is 1.19 bits per heavy atom. The van der Waals surface area contributed by atoms with Crippen LogP contribution in [0.5, 0.6) is 0 Å². The molecule has 3 aromatic rings. The summed E-state index contributed by atoms with van der Waals surface area (Å²) in [5.74, 6) is -0.262. The average molecular weight is 347 g/mol. The van der Waals surface area contributed by atoms with Gasteiger partial charge in [0.25, 0.3) is 0 Å². The van der Waals surface area contributed by atoms with Gasteiger partial charge in [0, 0.05) is 6.54 Å². The van der Waals surface area contributed by atoms with Crippen LogP contribution in [0.2, 0.25) is 0 Å². The molecule has 0 saturated carbocycles. The highest BCUT2D eigenvalue weighted by Crippen LogP contribution is 2.21. The van der Waals surface area contributed by atoms with Crippen LogP contribution < -0.4 is 5.32 Å². The molecule has 21 heavy (non-hydrogen) atoms. The summed E-state index contributed by atoms with van der Waals surface area (Å²) in [5, 5.41) is 7.47. The van der Waals surface area contributed by atoms with Gasteiger partial charge >= 0.3 is 0 Å². The molecule has 0 saturated heterocycles. The topological polar surface area (TPSA) is 42.7 Å². The lowest BCUT2D eigenvalue weighted by Crippen LogP contribution is -2.05. The molecule has 0 radical (unpaired) electrons. The summed E-state index contributed by atoms with van der Waals surface area (Å²) in [7, 11) is 0. The van der Waals surface area contributed by atoms with E-state index in [-0.39, 0.29) is 5.82 Å². The van der Waals surface area contributed by atoms with E-state index in [0.29, 0.717) is 11.0 Å². The summed E-state index contributed by atoms with van der Waals surface area (Å²) in [5.41, 5.74) is 2.83. The summed E-state index contributed by atoms with van der Waals surface area (Å²) < 4.78 is 15.4. The molecule has 0 fully saturated rings. The predicted molar refractivity (Wildman–Crippen MR) is 82.8 cm³/mol. The molecular formula is C15H12BrFN4. The fourth-order valence-corrected chi connectivity index (χ4v) is 2.43. The number of anilines is 1. The minimum Gasteiger partial charge on any atom is -0.379 e. The Kier molecular flexibility index (Phi) is 3.96. The number of nitrogens with one attached hydrogen (secondary N) is 1. The van der Waals surface area contributed by atoms with Crippen LogP contribution >= 0.6 is 15.9 Å². The van der Waals surface area contributed by atoms with Crippen molar-refractivity contribution >= 4 is 21.6 Å². The molecule has 3 rings (SSSR count). The Bertz CT molecular complexity index is 743. The van der Waals surface area contributed by atoms with Gasteiger partial charge in [-0.3, -0.25) is 0 Å². The molecule has 0 unspecified atom stereocenters. The van der Waals surface area contributed by atoms with Crippen molar-refractivity contribution < 1.29 is 4.39 Å². The Balaban J connectivity index is 1.81. The van der Waals surface area contributed by atoms with E-state index in [0.717, 1.165) is 16.9 Å². The largest absolute Gasteiger partial charge is 0.379 e. The first-order valence-corrected chi connectivity index (χ1v) is 7.15. The molecule has 1 N–H and O–H groups in total. The van der Waals surface area contributed by atoms with Gasteiger partial charge in [0.15, 0.2) is 0 Å². The fourth-order valence-electron chi connectivity index (χ4n) is 2.00. The minimum atomic E-state index is -0.262. The van der Waals surface area contributed by atoms with Crippen LogP contribution in [0, 0.1) is 5.82 Å². The minimum absolute atomic E-state index is 0.262. The van der Waals surface area contributed by atoms with Crippen LogP contribution in [0.15, 0.2) is 59.6 Å². The quantitative estimate of drug-likeness (QED) is 0.781. The smallest absolute Gasteiger partial charge is 0.138 e. The third-order valence-corrected chi connectivity index (χ3v) is 3.64. The van der Waals surface area contributed by atoms with Gasteiger partial charge in [-0.05, 0) is 45.8 Å². The van der Waals surface area contributed by atoms with E-state index in [9.17, 15) is 4.39 Å². The fraction of sp³-hybridized carbons (Fsp3) is 0.0667. The monoisotopic (exact) mass is 346 g/mol. The maximum Gasteiger partial charge on any atom is 0.138 e. The molecule has 6 heteroatoms. The summed E-state index contributed by atoms with van der Waals surface area (Å²) in [6.45, 7) is 0.588. The van der Waals surface area contributed by atoms with Crippen molar-refractivity contribution in [1.29, 1.82) is 0 Å². The number of halogens is 2. The van der Waals surface area contributed by atoms with Crippen molar-refractivity contribution in [3.8, 4) is 5.69 Å². The Morgan fingerprint density at radius 3 is 2.81 bits per heavy atom. The normalized spacial score (nSPS) is 10.6. The Labute approximate surface area is 129 Å². The van der Waals surface area contributed by atoms with Gasteiger partial charge in [0.2, 0.25) is 0 Å². The van der Waals surface area contributed by atoms with Crippen LogP contribution in [0.25, 0.3) is 5.69 Å². The number of nitrogens with zero attached hydrogens (tertiary/aromatic N) is 3. The zero-order chi connectivity index (χ0) is 14.7. The first-order valence-electron chi connectivity index (χ1n) is 6.36. The van der Waals surface area contributed by atoms with E-state index in [1.807, 2.05) is 24.3 Å². The SMILES string of the molecule is Fc1ccc(CNc2ccccc2-n2cncn2)cc1Br. The van der Waals surface area contributed by atoms with Crippen molar-refractivity contribution in [3.63, 3.8) is 0 Å². The van der Waals surface area contributed by atoms with E-state index < -0.39 is 0 Å². The summed E-state index contributed by atoms with van der Waals surface area (Å²) in [6.07, 6.45) is 3.14. The number of hydrogen-bond donors (Lipinski definition) is 1. The predicted octanol–water partition coefficient (Wildman–Crippen LogP) is 3.78. The van der Waals surface area contributed by atoms with E-state index >= 15 is 0 Å². The standard InChI is InChI=1S/C15H12BrFN4/c16-12-7-11(5-6-13(12)17)8-19-14-3-1-2-4-15(14)21-10-18-9-20-21/h1-7,9-10,19H,8H2. The first-order chi connectivity index (χ1) is 10.2. The molecule has 0 atom stereocenters. The van der Waals surface area contributed by atoms with Crippen molar-refractivity contribution in [3.05, 3.63) is 71.0 Å². The van der Waals surface area contributed by atoms with Gasteiger partial charge in [-0.15, -0.1) is 0 Å². The summed E-state index contributed by atoms with van der Waals surface area (Å²) in [4.78, 5) is 3.96. The molecule has 1 heterocycles. The van der Waals surface area contributed by atoms with Crippen molar-refractivity contribution in [2.45, 2.75) is 6.54 Å². The highest BCUT2D eigenvalue weighted by molar-refractivity contribution is 9.10. The molecule has 106 valence electrons. The molecule has 0 amide bonds. The molecule has 0 spiro atoms. The molecule has 4 nitrogen and oxygen atoms in total. The first kappa shape index (κ1) is 13.8. The van der Waals surface area contributed by atoms with Gasteiger partial charge in [-0.2, -0.15) is 5.10 Å². The second-order valence-corrected chi connectivity index (χ2v) is 5.31. The molecule has 0 aliphatic heterocycles. The maximum absolute atomic E-state index is 13.2. The maximum atomic E-state index is 13.2. The van der Waals surface area contributed by atoms with Gasteiger partial charge in [0.05, 0.1) is 15.8 Å². The zero-order valence-electron chi connectivity index (χ0n) is 11.0. The number of rotatable bonds is 4. The highest BCUT2D eigenvalue weighted by atomic mass is 79.9. The Hall–Kier alpha value is -2.21. The lowest BCUT2D eigenvalue weighted by molar-refractivity contribution is 0.620. The van der Waals surface area contributed by atoms with Crippen LogP contribution in [0.3, 0.4) is 0 Å². The third-order valence-electron chi connectivity index (χ3n) is 3.04. The molecule has 2 aromatic carbocycles. The average Bonchev–Trinajstić information content (AvgIpc) is 3.03. The molecular weight excluding hydrogens is 335 g/mol. The van der Waals surface area contributed by atoms with E-state index in [2.05, 4.69) is 31.3 Å². The second kappa shape index (κ2) is 6.05. The van der Waals surface area contributed by atoms with Gasteiger partial charge in [0.1, 0.15) is 18.5 Å². The van der Waals surface area contributed by atoms with Gasteiger partial charge in [-0.25, -0.2) is 14.1 Å². The van der Waals surface area contributed by atoms with Crippen LogP contribution in [0.1, 0.15) is 5.56 Å². The second-order valence-electron chi connectivity index (χ2n) is 4.46. The van der Waals surface area contributed by atoms with Gasteiger partial charge in [-0.1, -0.05) is 18.2 Å². The van der Waals surface area contributed by atoms with Crippen molar-refractivity contribution in [1.82, 2.24) is 14.8 Å². The number of hydrogen-bond acceptors (Lipinski definition) is 3. The highest BCUT2D eigenvalue weighted by Gasteiger charge is 2.05. The van der Waals surface area contributed by atoms with E-state index in [1.165, 1.54) is 12.4 Å². The van der Waals surface area contributed by atoms with Crippen LogP contribution in [-0.4, -0.2) is 14.8 Å². The molecule has 0 bridgehead atoms. The van der Waals surface area contributed by atoms with Crippen molar-refractivity contribution in [2.75, 3.05) is 5.32 Å². The van der Waals surface area contributed by atoms with Crippen LogP contribution in [-0.2, 0) is 6.54 Å². The lowest BCUT2D eigenvalue weighted by Gasteiger charge is -2.12. The molecule has 1 aromatic heterocycles. The van der Waals surface area contributed by atoms with Gasteiger partial charge < -0.3 is 5.32 Å². The third kappa shape index (κ3) is 3.11.